The Morgan fingerprint density at radius 1 is 0.871 bits per heavy atom. The van der Waals surface area contributed by atoms with E-state index >= 15 is 0 Å². The van der Waals surface area contributed by atoms with Gasteiger partial charge in [0.05, 0.1) is 17.1 Å². The quantitative estimate of drug-likeness (QED) is 0.487. The predicted molar refractivity (Wildman–Crippen MR) is 120 cm³/mol. The van der Waals surface area contributed by atoms with Gasteiger partial charge in [-0.25, -0.2) is 0 Å². The number of aliphatic hydroxyl groups is 1. The molecule has 0 saturated heterocycles. The first-order valence-electron chi connectivity index (χ1n) is 10.6. The van der Waals surface area contributed by atoms with Crippen LogP contribution in [0.1, 0.15) is 67.8 Å². The lowest BCUT2D eigenvalue weighted by Crippen LogP contribution is -2.21. The van der Waals surface area contributed by atoms with Gasteiger partial charge in [0.2, 0.25) is 0 Å². The number of Topliss-reactive ketones (excluding diaryl/α,β-unsaturated/α-hetero) is 3. The molecule has 1 N–H and O–H groups in total. The van der Waals surface area contributed by atoms with Gasteiger partial charge < -0.3 is 5.11 Å². The molecular formula is C27H28O4. The van der Waals surface area contributed by atoms with Gasteiger partial charge in [-0.2, -0.15) is 0 Å². The van der Waals surface area contributed by atoms with Gasteiger partial charge >= 0.3 is 0 Å². The predicted octanol–water partition coefficient (Wildman–Crippen LogP) is 5.46. The molecule has 0 spiro atoms. The van der Waals surface area contributed by atoms with Crippen LogP contribution in [0.3, 0.4) is 0 Å². The SMILES string of the molecule is CC(C)(C)C1=CC2C(=O)C(/C=C3\C(=O)c4ccc(C(C)(C)C)cc4C3=O)=C(O)C2C=C1. The van der Waals surface area contributed by atoms with Crippen LogP contribution in [-0.4, -0.2) is 22.5 Å². The highest BCUT2D eigenvalue weighted by molar-refractivity contribution is 6.40. The second kappa shape index (κ2) is 6.74. The van der Waals surface area contributed by atoms with Crippen molar-refractivity contribution in [3.63, 3.8) is 0 Å². The van der Waals surface area contributed by atoms with E-state index in [0.717, 1.165) is 11.1 Å². The van der Waals surface area contributed by atoms with E-state index in [-0.39, 0.29) is 33.5 Å². The smallest absolute Gasteiger partial charge is 0.197 e. The van der Waals surface area contributed by atoms with Crippen molar-refractivity contribution in [2.75, 3.05) is 0 Å². The van der Waals surface area contributed by atoms with Crippen molar-refractivity contribution in [3.05, 3.63) is 81.7 Å². The van der Waals surface area contributed by atoms with Crippen LogP contribution in [-0.2, 0) is 10.2 Å². The van der Waals surface area contributed by atoms with Gasteiger partial charge in [0.25, 0.3) is 0 Å². The van der Waals surface area contributed by atoms with E-state index in [4.69, 9.17) is 0 Å². The van der Waals surface area contributed by atoms with Gasteiger partial charge in [-0.1, -0.05) is 65.8 Å². The van der Waals surface area contributed by atoms with Gasteiger partial charge in [-0.3, -0.25) is 14.4 Å². The van der Waals surface area contributed by atoms with Crippen LogP contribution in [0.25, 0.3) is 0 Å². The lowest BCUT2D eigenvalue weighted by Gasteiger charge is -2.26. The molecule has 0 saturated carbocycles. The summed E-state index contributed by atoms with van der Waals surface area (Å²) in [4.78, 5) is 39.1. The minimum absolute atomic E-state index is 0.0568. The van der Waals surface area contributed by atoms with Crippen LogP contribution in [0.4, 0.5) is 0 Å². The fourth-order valence-electron chi connectivity index (χ4n) is 4.38. The molecule has 31 heavy (non-hydrogen) atoms. The maximum Gasteiger partial charge on any atom is 0.197 e. The Bertz CT molecular complexity index is 1160. The molecule has 0 aromatic heterocycles. The summed E-state index contributed by atoms with van der Waals surface area (Å²) in [6.07, 6.45) is 6.98. The number of hydrogen-bond acceptors (Lipinski definition) is 4. The topological polar surface area (TPSA) is 71.4 Å². The second-order valence-electron chi connectivity index (χ2n) is 10.7. The highest BCUT2D eigenvalue weighted by atomic mass is 16.3. The number of aliphatic hydroxyl groups excluding tert-OH is 1. The van der Waals surface area contributed by atoms with E-state index in [9.17, 15) is 19.5 Å². The highest BCUT2D eigenvalue weighted by Crippen LogP contribution is 2.43. The largest absolute Gasteiger partial charge is 0.511 e. The molecule has 2 unspecified atom stereocenters. The van der Waals surface area contributed by atoms with Crippen molar-refractivity contribution in [1.29, 1.82) is 0 Å². The molecule has 4 heteroatoms. The number of carbonyl (C=O) groups excluding carboxylic acids is 3. The monoisotopic (exact) mass is 416 g/mol. The summed E-state index contributed by atoms with van der Waals surface area (Å²) in [5, 5.41) is 10.8. The zero-order valence-electron chi connectivity index (χ0n) is 18.9. The first-order chi connectivity index (χ1) is 14.3. The van der Waals surface area contributed by atoms with Crippen LogP contribution in [0, 0.1) is 17.3 Å². The molecule has 1 aromatic rings. The summed E-state index contributed by atoms with van der Waals surface area (Å²) >= 11 is 0. The molecule has 0 amide bonds. The van der Waals surface area contributed by atoms with Crippen molar-refractivity contribution in [3.8, 4) is 0 Å². The van der Waals surface area contributed by atoms with E-state index in [2.05, 4.69) is 20.8 Å². The first kappa shape index (κ1) is 21.2. The number of benzene rings is 1. The van der Waals surface area contributed by atoms with Gasteiger partial charge in [-0.05, 0) is 40.2 Å². The summed E-state index contributed by atoms with van der Waals surface area (Å²) in [5.41, 5.74) is 2.42. The van der Waals surface area contributed by atoms with Gasteiger partial charge in [0.15, 0.2) is 17.3 Å². The van der Waals surface area contributed by atoms with Crippen molar-refractivity contribution in [2.45, 2.75) is 47.0 Å². The normalized spacial score (nSPS) is 24.8. The van der Waals surface area contributed by atoms with Crippen LogP contribution in [0.5, 0.6) is 0 Å². The van der Waals surface area contributed by atoms with Crippen LogP contribution in [0.15, 0.2) is 65.0 Å². The van der Waals surface area contributed by atoms with Crippen molar-refractivity contribution < 1.29 is 19.5 Å². The maximum absolute atomic E-state index is 13.1. The summed E-state index contributed by atoms with van der Waals surface area (Å²) < 4.78 is 0. The summed E-state index contributed by atoms with van der Waals surface area (Å²) in [6.45, 7) is 12.3. The third kappa shape index (κ3) is 3.34. The molecule has 2 atom stereocenters. The van der Waals surface area contributed by atoms with E-state index < -0.39 is 23.4 Å². The number of hydrogen-bond donors (Lipinski definition) is 1. The average Bonchev–Trinajstić information content (AvgIpc) is 3.07. The average molecular weight is 417 g/mol. The Balaban J connectivity index is 1.73. The molecule has 160 valence electrons. The van der Waals surface area contributed by atoms with E-state index in [0.29, 0.717) is 11.1 Å². The number of ketones is 3. The zero-order chi connectivity index (χ0) is 22.9. The van der Waals surface area contributed by atoms with E-state index in [1.165, 1.54) is 6.08 Å². The number of allylic oxidation sites excluding steroid dienone is 7. The summed E-state index contributed by atoms with van der Waals surface area (Å²) in [5.74, 6) is -2.08. The molecule has 0 bridgehead atoms. The fraction of sp³-hybridized carbons (Fsp3) is 0.370. The lowest BCUT2D eigenvalue weighted by molar-refractivity contribution is -0.117. The van der Waals surface area contributed by atoms with Crippen LogP contribution < -0.4 is 0 Å². The number of rotatable bonds is 1. The molecule has 3 aliphatic rings. The minimum Gasteiger partial charge on any atom is -0.511 e. The standard InChI is InChI=1S/C27H28O4/c1-26(2,3)14-7-9-16-18(11-14)24(30)20(22(16)28)13-21-23(29)17-10-8-15(27(4,5)6)12-19(17)25(21)31/h7-13,16,18,28H,1-6H3/b21-13+. The lowest BCUT2D eigenvalue weighted by atomic mass is 9.78. The van der Waals surface area contributed by atoms with Crippen LogP contribution >= 0.6 is 0 Å². The molecule has 0 aliphatic heterocycles. The van der Waals surface area contributed by atoms with Gasteiger partial charge in [0, 0.05) is 17.0 Å². The Morgan fingerprint density at radius 2 is 1.52 bits per heavy atom. The summed E-state index contributed by atoms with van der Waals surface area (Å²) in [6, 6.07) is 5.31. The molecule has 0 radical (unpaired) electrons. The van der Waals surface area contributed by atoms with E-state index in [1.54, 1.807) is 12.1 Å². The first-order valence-corrected chi connectivity index (χ1v) is 10.6. The summed E-state index contributed by atoms with van der Waals surface area (Å²) in [7, 11) is 0. The molecule has 0 fully saturated rings. The van der Waals surface area contributed by atoms with Crippen molar-refractivity contribution >= 4 is 17.3 Å². The molecule has 4 nitrogen and oxygen atoms in total. The Morgan fingerprint density at radius 3 is 2.13 bits per heavy atom. The Hall–Kier alpha value is -3.01. The van der Waals surface area contributed by atoms with Crippen LogP contribution in [0.2, 0.25) is 0 Å². The van der Waals surface area contributed by atoms with E-state index in [1.807, 2.05) is 45.1 Å². The molecule has 0 heterocycles. The fourth-order valence-corrected chi connectivity index (χ4v) is 4.38. The van der Waals surface area contributed by atoms with Crippen molar-refractivity contribution in [1.82, 2.24) is 0 Å². The molecule has 4 rings (SSSR count). The third-order valence-electron chi connectivity index (χ3n) is 6.41. The maximum atomic E-state index is 13.1. The Kier molecular flexibility index (Phi) is 4.62. The second-order valence-corrected chi connectivity index (χ2v) is 10.7. The van der Waals surface area contributed by atoms with Gasteiger partial charge in [-0.15, -0.1) is 0 Å². The molecule has 3 aliphatic carbocycles. The minimum atomic E-state index is -0.507. The Labute approximate surface area is 183 Å². The molecular weight excluding hydrogens is 388 g/mol. The molecule has 1 aromatic carbocycles. The third-order valence-corrected chi connectivity index (χ3v) is 6.41. The number of carbonyl (C=O) groups is 3. The highest BCUT2D eigenvalue weighted by Gasteiger charge is 2.43. The van der Waals surface area contributed by atoms with Crippen molar-refractivity contribution in [2.24, 2.45) is 17.3 Å². The zero-order valence-corrected chi connectivity index (χ0v) is 18.9. The van der Waals surface area contributed by atoms with Gasteiger partial charge in [0.1, 0.15) is 5.76 Å². The number of fused-ring (bicyclic) bond motifs is 2.